The van der Waals surface area contributed by atoms with Crippen molar-refractivity contribution >= 4 is 5.97 Å². The average Bonchev–Trinajstić information content (AvgIpc) is 2.63. The van der Waals surface area contributed by atoms with Crippen LogP contribution in [0.2, 0.25) is 0 Å². The van der Waals surface area contributed by atoms with E-state index in [0.717, 1.165) is 6.42 Å². The summed E-state index contributed by atoms with van der Waals surface area (Å²) in [5.74, 6) is 0.487. The fourth-order valence-corrected chi connectivity index (χ4v) is 2.33. The first kappa shape index (κ1) is 7.80. The van der Waals surface area contributed by atoms with Crippen LogP contribution >= 0.6 is 0 Å². The fraction of sp³-hybridized carbons (Fsp3) is 0.667. The van der Waals surface area contributed by atoms with Crippen LogP contribution in [-0.2, 0) is 9.53 Å². The van der Waals surface area contributed by atoms with Crippen LogP contribution in [0.15, 0.2) is 12.2 Å². The van der Waals surface area contributed by atoms with Crippen LogP contribution < -0.4 is 5.73 Å². The molecule has 4 atom stereocenters. The molecule has 0 aromatic heterocycles. The van der Waals surface area contributed by atoms with Gasteiger partial charge >= 0.3 is 5.97 Å². The maximum atomic E-state index is 11.3. The van der Waals surface area contributed by atoms with Gasteiger partial charge in [0.05, 0.1) is 13.0 Å². The molecule has 0 aromatic rings. The maximum absolute atomic E-state index is 11.3. The van der Waals surface area contributed by atoms with Gasteiger partial charge in [0.25, 0.3) is 0 Å². The van der Waals surface area contributed by atoms with Crippen molar-refractivity contribution in [1.29, 1.82) is 0 Å². The van der Waals surface area contributed by atoms with Gasteiger partial charge in [-0.15, -0.1) is 0 Å². The van der Waals surface area contributed by atoms with E-state index in [2.05, 4.69) is 12.2 Å². The summed E-state index contributed by atoms with van der Waals surface area (Å²) in [5.41, 5.74) is 5.89. The SMILES string of the molecule is COC(=O)[C@H]1[C@H](N)[C@H]2C=C[C@H]1C2. The highest BCUT2D eigenvalue weighted by Gasteiger charge is 2.46. The monoisotopic (exact) mass is 167 g/mol. The van der Waals surface area contributed by atoms with E-state index < -0.39 is 0 Å². The average molecular weight is 167 g/mol. The molecule has 0 aromatic carbocycles. The smallest absolute Gasteiger partial charge is 0.310 e. The molecular formula is C9H13NO2. The minimum Gasteiger partial charge on any atom is -0.469 e. The summed E-state index contributed by atoms with van der Waals surface area (Å²) in [6.07, 6.45) is 5.24. The van der Waals surface area contributed by atoms with E-state index in [4.69, 9.17) is 10.5 Å². The van der Waals surface area contributed by atoms with Crippen LogP contribution in [0.4, 0.5) is 0 Å². The minimum atomic E-state index is -0.153. The molecule has 0 heterocycles. The molecule has 2 bridgehead atoms. The number of rotatable bonds is 1. The largest absolute Gasteiger partial charge is 0.469 e. The lowest BCUT2D eigenvalue weighted by Gasteiger charge is -2.21. The van der Waals surface area contributed by atoms with Crippen LogP contribution in [0.5, 0.6) is 0 Å². The Hall–Kier alpha value is -0.830. The van der Waals surface area contributed by atoms with Crippen molar-refractivity contribution in [2.75, 3.05) is 7.11 Å². The molecule has 0 amide bonds. The maximum Gasteiger partial charge on any atom is 0.310 e. The molecule has 1 fully saturated rings. The first-order chi connectivity index (χ1) is 5.74. The second-order valence-electron chi connectivity index (χ2n) is 3.57. The van der Waals surface area contributed by atoms with Gasteiger partial charge in [0, 0.05) is 6.04 Å². The van der Waals surface area contributed by atoms with E-state index >= 15 is 0 Å². The van der Waals surface area contributed by atoms with E-state index in [9.17, 15) is 4.79 Å². The van der Waals surface area contributed by atoms with Crippen LogP contribution in [0, 0.1) is 17.8 Å². The number of methoxy groups -OCH3 is 1. The van der Waals surface area contributed by atoms with Crippen molar-refractivity contribution in [1.82, 2.24) is 0 Å². The molecule has 2 N–H and O–H groups in total. The lowest BCUT2D eigenvalue weighted by molar-refractivity contribution is -0.146. The van der Waals surface area contributed by atoms with Crippen molar-refractivity contribution in [3.05, 3.63) is 12.2 Å². The van der Waals surface area contributed by atoms with Gasteiger partial charge in [0.15, 0.2) is 0 Å². The summed E-state index contributed by atoms with van der Waals surface area (Å²) in [6.45, 7) is 0. The fourth-order valence-electron chi connectivity index (χ4n) is 2.33. The van der Waals surface area contributed by atoms with E-state index in [0.29, 0.717) is 11.8 Å². The summed E-state index contributed by atoms with van der Waals surface area (Å²) >= 11 is 0. The van der Waals surface area contributed by atoms with Gasteiger partial charge in [-0.25, -0.2) is 0 Å². The molecule has 2 rings (SSSR count). The molecule has 3 nitrogen and oxygen atoms in total. The number of hydrogen-bond donors (Lipinski definition) is 1. The van der Waals surface area contributed by atoms with Crippen molar-refractivity contribution in [3.63, 3.8) is 0 Å². The molecule has 0 radical (unpaired) electrons. The first-order valence-corrected chi connectivity index (χ1v) is 4.26. The zero-order chi connectivity index (χ0) is 8.72. The highest BCUT2D eigenvalue weighted by atomic mass is 16.5. The van der Waals surface area contributed by atoms with Crippen LogP contribution in [-0.4, -0.2) is 19.1 Å². The minimum absolute atomic E-state index is 0.0209. The van der Waals surface area contributed by atoms with Crippen LogP contribution in [0.1, 0.15) is 6.42 Å². The quantitative estimate of drug-likeness (QED) is 0.451. The predicted molar refractivity (Wildman–Crippen MR) is 44.2 cm³/mol. The van der Waals surface area contributed by atoms with E-state index in [1.807, 2.05) is 0 Å². The summed E-state index contributed by atoms with van der Waals surface area (Å²) < 4.78 is 4.70. The van der Waals surface area contributed by atoms with Gasteiger partial charge in [0.1, 0.15) is 0 Å². The Labute approximate surface area is 71.6 Å². The van der Waals surface area contributed by atoms with Gasteiger partial charge in [0.2, 0.25) is 0 Å². The molecule has 0 saturated heterocycles. The molecule has 2 aliphatic rings. The number of carbonyl (C=O) groups is 1. The molecular weight excluding hydrogens is 154 g/mol. The summed E-state index contributed by atoms with van der Waals surface area (Å²) in [4.78, 5) is 11.3. The number of fused-ring (bicyclic) bond motifs is 2. The Bertz CT molecular complexity index is 237. The predicted octanol–water partition coefficient (Wildman–Crippen LogP) is 0.309. The number of esters is 1. The zero-order valence-corrected chi connectivity index (χ0v) is 7.07. The molecule has 2 aliphatic carbocycles. The van der Waals surface area contributed by atoms with Gasteiger partial charge in [-0.1, -0.05) is 12.2 Å². The number of allylic oxidation sites excluding steroid dienone is 1. The van der Waals surface area contributed by atoms with E-state index in [-0.39, 0.29) is 17.9 Å². The molecule has 3 heteroatoms. The van der Waals surface area contributed by atoms with Crippen molar-refractivity contribution < 1.29 is 9.53 Å². The standard InChI is InChI=1S/C9H13NO2/c1-12-9(11)7-5-2-3-6(4-5)8(7)10/h2-3,5-8H,4,10H2,1H3/t5-,6-,7+,8+/m0/s1. The second-order valence-corrected chi connectivity index (χ2v) is 3.57. The van der Waals surface area contributed by atoms with E-state index in [1.54, 1.807) is 0 Å². The number of hydrogen-bond acceptors (Lipinski definition) is 3. The van der Waals surface area contributed by atoms with Crippen molar-refractivity contribution in [3.8, 4) is 0 Å². The Morgan fingerprint density at radius 1 is 1.50 bits per heavy atom. The number of ether oxygens (including phenoxy) is 1. The highest BCUT2D eigenvalue weighted by molar-refractivity contribution is 5.75. The lowest BCUT2D eigenvalue weighted by Crippen LogP contribution is -2.39. The molecule has 0 spiro atoms. The third kappa shape index (κ3) is 0.894. The first-order valence-electron chi connectivity index (χ1n) is 4.26. The Morgan fingerprint density at radius 3 is 2.67 bits per heavy atom. The van der Waals surface area contributed by atoms with Gasteiger partial charge < -0.3 is 10.5 Å². The molecule has 0 aliphatic heterocycles. The van der Waals surface area contributed by atoms with Gasteiger partial charge in [-0.3, -0.25) is 4.79 Å². The van der Waals surface area contributed by atoms with Gasteiger partial charge in [-0.2, -0.15) is 0 Å². The molecule has 1 saturated carbocycles. The number of nitrogens with two attached hydrogens (primary N) is 1. The summed E-state index contributed by atoms with van der Waals surface area (Å²) in [7, 11) is 1.42. The Kier molecular flexibility index (Phi) is 1.68. The van der Waals surface area contributed by atoms with Crippen molar-refractivity contribution in [2.24, 2.45) is 23.5 Å². The van der Waals surface area contributed by atoms with Gasteiger partial charge in [-0.05, 0) is 18.3 Å². The third-order valence-electron chi connectivity index (χ3n) is 2.99. The second kappa shape index (κ2) is 2.59. The van der Waals surface area contributed by atoms with Crippen LogP contribution in [0.25, 0.3) is 0 Å². The topological polar surface area (TPSA) is 52.3 Å². The van der Waals surface area contributed by atoms with Crippen LogP contribution in [0.3, 0.4) is 0 Å². The zero-order valence-electron chi connectivity index (χ0n) is 7.07. The van der Waals surface area contributed by atoms with Crippen molar-refractivity contribution in [2.45, 2.75) is 12.5 Å². The summed E-state index contributed by atoms with van der Waals surface area (Å²) in [6, 6.07) is -0.0209. The highest BCUT2D eigenvalue weighted by Crippen LogP contribution is 2.42. The molecule has 66 valence electrons. The van der Waals surface area contributed by atoms with E-state index in [1.165, 1.54) is 7.11 Å². The Morgan fingerprint density at radius 2 is 2.17 bits per heavy atom. The molecule has 12 heavy (non-hydrogen) atoms. The normalized spacial score (nSPS) is 43.5. The molecule has 0 unspecified atom stereocenters. The summed E-state index contributed by atoms with van der Waals surface area (Å²) in [5, 5.41) is 0. The number of carbonyl (C=O) groups excluding carboxylic acids is 1. The Balaban J connectivity index is 2.18. The lowest BCUT2D eigenvalue weighted by atomic mass is 9.90. The third-order valence-corrected chi connectivity index (χ3v) is 2.99.